The minimum absolute atomic E-state index is 0.176. The number of likely N-dealkylation sites (tertiary alicyclic amines) is 1. The molecule has 1 saturated heterocycles. The fraction of sp³-hybridized carbons (Fsp3) is 0.786. The van der Waals surface area contributed by atoms with Crippen molar-refractivity contribution in [2.45, 2.75) is 51.1 Å². The van der Waals surface area contributed by atoms with Crippen molar-refractivity contribution in [3.63, 3.8) is 0 Å². The Morgan fingerprint density at radius 3 is 2.68 bits per heavy atom. The molecule has 1 aromatic rings. The molecule has 0 bridgehead atoms. The second kappa shape index (κ2) is 7.02. The van der Waals surface area contributed by atoms with Crippen molar-refractivity contribution >= 4 is 22.9 Å². The Balaban J connectivity index is 1.99. The zero-order valence-corrected chi connectivity index (χ0v) is 13.3. The minimum Gasteiger partial charge on any atom is -0.393 e. The van der Waals surface area contributed by atoms with Crippen LogP contribution in [0.15, 0.2) is 5.38 Å². The van der Waals surface area contributed by atoms with Gasteiger partial charge in [-0.25, -0.2) is 4.98 Å². The molecule has 19 heavy (non-hydrogen) atoms. The van der Waals surface area contributed by atoms with Gasteiger partial charge in [-0.3, -0.25) is 4.90 Å². The molecule has 3 nitrogen and oxygen atoms in total. The molecule has 2 unspecified atom stereocenters. The molecule has 0 amide bonds. The molecular weight excluding hydrogens is 280 g/mol. The van der Waals surface area contributed by atoms with E-state index in [9.17, 15) is 5.11 Å². The predicted octanol–water partition coefficient (Wildman–Crippen LogP) is 3.43. The summed E-state index contributed by atoms with van der Waals surface area (Å²) in [5, 5.41) is 12.9. The van der Waals surface area contributed by atoms with Crippen LogP contribution >= 0.6 is 22.9 Å². The van der Waals surface area contributed by atoms with E-state index >= 15 is 0 Å². The molecule has 2 heterocycles. The molecule has 0 saturated carbocycles. The summed E-state index contributed by atoms with van der Waals surface area (Å²) >= 11 is 7.55. The Bertz CT molecular complexity index is 389. The van der Waals surface area contributed by atoms with Gasteiger partial charge in [-0.05, 0) is 45.2 Å². The van der Waals surface area contributed by atoms with Gasteiger partial charge in [-0.15, -0.1) is 22.9 Å². The predicted molar refractivity (Wildman–Crippen MR) is 80.7 cm³/mol. The average Bonchev–Trinajstić information content (AvgIpc) is 2.89. The Hall–Kier alpha value is -0.160. The highest BCUT2D eigenvalue weighted by Gasteiger charge is 2.28. The summed E-state index contributed by atoms with van der Waals surface area (Å²) in [5.41, 5.74) is 0.985. The number of aromatic nitrogens is 1. The highest BCUT2D eigenvalue weighted by atomic mass is 35.5. The topological polar surface area (TPSA) is 36.4 Å². The summed E-state index contributed by atoms with van der Waals surface area (Å²) < 4.78 is 0. The number of hydrogen-bond donors (Lipinski definition) is 1. The van der Waals surface area contributed by atoms with E-state index in [0.717, 1.165) is 38.0 Å². The van der Waals surface area contributed by atoms with Gasteiger partial charge in [0, 0.05) is 5.38 Å². The molecule has 1 aliphatic heterocycles. The smallest absolute Gasteiger partial charge is 0.110 e. The zero-order valence-electron chi connectivity index (χ0n) is 11.7. The molecule has 0 radical (unpaired) electrons. The van der Waals surface area contributed by atoms with Crippen molar-refractivity contribution in [1.29, 1.82) is 0 Å². The fourth-order valence-electron chi connectivity index (χ4n) is 2.84. The van der Waals surface area contributed by atoms with Crippen LogP contribution in [0.4, 0.5) is 0 Å². The normalized spacial score (nSPS) is 21.5. The Labute approximate surface area is 124 Å². The number of hydrogen-bond acceptors (Lipinski definition) is 4. The molecule has 1 aliphatic rings. The number of piperidine rings is 1. The summed E-state index contributed by atoms with van der Waals surface area (Å²) in [6.45, 7) is 6.24. The highest BCUT2D eigenvalue weighted by Crippen LogP contribution is 2.32. The van der Waals surface area contributed by atoms with E-state index in [0.29, 0.717) is 17.8 Å². The van der Waals surface area contributed by atoms with E-state index in [1.165, 1.54) is 5.01 Å². The second-order valence-corrected chi connectivity index (χ2v) is 6.51. The van der Waals surface area contributed by atoms with Gasteiger partial charge in [0.1, 0.15) is 5.01 Å². The number of rotatable bonds is 5. The number of thiazole rings is 1. The molecule has 2 rings (SSSR count). The van der Waals surface area contributed by atoms with Crippen molar-refractivity contribution in [3.8, 4) is 0 Å². The van der Waals surface area contributed by atoms with E-state index in [2.05, 4.69) is 22.2 Å². The first-order valence-corrected chi connectivity index (χ1v) is 8.49. The van der Waals surface area contributed by atoms with Crippen LogP contribution in [0.2, 0.25) is 0 Å². The minimum atomic E-state index is -0.176. The van der Waals surface area contributed by atoms with E-state index in [1.807, 2.05) is 6.92 Å². The van der Waals surface area contributed by atoms with E-state index in [4.69, 9.17) is 11.6 Å². The first kappa shape index (κ1) is 15.2. The summed E-state index contributed by atoms with van der Waals surface area (Å²) in [5.74, 6) is 0.959. The SMILES string of the molecule is CCC(c1nc(CCl)cs1)N1CCC(C(C)O)CC1. The van der Waals surface area contributed by atoms with Gasteiger partial charge in [-0.1, -0.05) is 6.92 Å². The van der Waals surface area contributed by atoms with Crippen LogP contribution in [0, 0.1) is 5.92 Å². The van der Waals surface area contributed by atoms with Crippen LogP contribution in [0.1, 0.15) is 49.9 Å². The fourth-order valence-corrected chi connectivity index (χ4v) is 4.10. The summed E-state index contributed by atoms with van der Waals surface area (Å²) in [6, 6.07) is 0.414. The maximum atomic E-state index is 9.67. The Morgan fingerprint density at radius 2 is 2.21 bits per heavy atom. The Morgan fingerprint density at radius 1 is 1.53 bits per heavy atom. The third-order valence-corrected chi connectivity index (χ3v) is 5.34. The van der Waals surface area contributed by atoms with Gasteiger partial charge in [0.25, 0.3) is 0 Å². The molecule has 0 aliphatic carbocycles. The number of aliphatic hydroxyl groups is 1. The molecule has 0 aromatic carbocycles. The zero-order chi connectivity index (χ0) is 13.8. The Kier molecular flexibility index (Phi) is 5.63. The molecule has 1 fully saturated rings. The van der Waals surface area contributed by atoms with Crippen molar-refractivity contribution in [2.75, 3.05) is 13.1 Å². The average molecular weight is 303 g/mol. The third-order valence-electron chi connectivity index (χ3n) is 4.08. The van der Waals surface area contributed by atoms with Gasteiger partial charge in [0.2, 0.25) is 0 Å². The van der Waals surface area contributed by atoms with Crippen LogP contribution in [0.25, 0.3) is 0 Å². The van der Waals surface area contributed by atoms with Crippen molar-refractivity contribution in [3.05, 3.63) is 16.1 Å². The first-order chi connectivity index (χ1) is 9.15. The number of alkyl halides is 1. The summed E-state index contributed by atoms with van der Waals surface area (Å²) in [6.07, 6.45) is 3.07. The largest absolute Gasteiger partial charge is 0.393 e. The molecule has 0 spiro atoms. The van der Waals surface area contributed by atoms with Crippen LogP contribution < -0.4 is 0 Å². The van der Waals surface area contributed by atoms with Gasteiger partial charge < -0.3 is 5.11 Å². The van der Waals surface area contributed by atoms with Gasteiger partial charge in [0.15, 0.2) is 0 Å². The highest BCUT2D eigenvalue weighted by molar-refractivity contribution is 7.09. The van der Waals surface area contributed by atoms with E-state index < -0.39 is 0 Å². The van der Waals surface area contributed by atoms with Gasteiger partial charge in [-0.2, -0.15) is 0 Å². The van der Waals surface area contributed by atoms with Crippen LogP contribution in [0.3, 0.4) is 0 Å². The molecule has 108 valence electrons. The molecule has 1 N–H and O–H groups in total. The lowest BCUT2D eigenvalue weighted by Crippen LogP contribution is -2.39. The molecular formula is C14H23ClN2OS. The molecule has 5 heteroatoms. The molecule has 2 atom stereocenters. The maximum Gasteiger partial charge on any atom is 0.110 e. The molecule has 1 aromatic heterocycles. The number of nitrogens with zero attached hydrogens (tertiary/aromatic N) is 2. The standard InChI is InChI=1S/C14H23ClN2OS/c1-3-13(14-16-12(8-15)9-19-14)17-6-4-11(5-7-17)10(2)18/h9-11,13,18H,3-8H2,1-2H3. The number of halogens is 1. The van der Waals surface area contributed by atoms with Gasteiger partial charge >= 0.3 is 0 Å². The maximum absolute atomic E-state index is 9.67. The third kappa shape index (κ3) is 3.69. The first-order valence-electron chi connectivity index (χ1n) is 7.08. The van der Waals surface area contributed by atoms with Crippen molar-refractivity contribution in [1.82, 2.24) is 9.88 Å². The van der Waals surface area contributed by atoms with Crippen LogP contribution in [0.5, 0.6) is 0 Å². The van der Waals surface area contributed by atoms with Crippen molar-refractivity contribution in [2.24, 2.45) is 5.92 Å². The lowest BCUT2D eigenvalue weighted by Gasteiger charge is -2.37. The monoisotopic (exact) mass is 302 g/mol. The summed E-state index contributed by atoms with van der Waals surface area (Å²) in [4.78, 5) is 7.13. The quantitative estimate of drug-likeness (QED) is 0.847. The number of aliphatic hydroxyl groups excluding tert-OH is 1. The second-order valence-electron chi connectivity index (χ2n) is 5.35. The van der Waals surface area contributed by atoms with Crippen LogP contribution in [-0.4, -0.2) is 34.2 Å². The van der Waals surface area contributed by atoms with E-state index in [1.54, 1.807) is 11.3 Å². The lowest BCUT2D eigenvalue weighted by atomic mass is 9.91. The van der Waals surface area contributed by atoms with Crippen molar-refractivity contribution < 1.29 is 5.11 Å². The van der Waals surface area contributed by atoms with Gasteiger partial charge in [0.05, 0.1) is 23.7 Å². The lowest BCUT2D eigenvalue weighted by molar-refractivity contribution is 0.0545. The van der Waals surface area contributed by atoms with E-state index in [-0.39, 0.29) is 6.10 Å². The summed E-state index contributed by atoms with van der Waals surface area (Å²) in [7, 11) is 0. The van der Waals surface area contributed by atoms with Crippen LogP contribution in [-0.2, 0) is 5.88 Å².